The van der Waals surface area contributed by atoms with E-state index in [1.165, 1.54) is 24.3 Å². The van der Waals surface area contributed by atoms with Crippen molar-refractivity contribution in [3.8, 4) is 17.3 Å². The fraction of sp³-hybridized carbons (Fsp3) is 0.391. The van der Waals surface area contributed by atoms with E-state index in [9.17, 15) is 23.2 Å². The molecule has 2 unspecified atom stereocenters. The van der Waals surface area contributed by atoms with Crippen LogP contribution in [0.3, 0.4) is 0 Å². The van der Waals surface area contributed by atoms with Gasteiger partial charge >= 0.3 is 12.1 Å². The van der Waals surface area contributed by atoms with Crippen LogP contribution in [0.2, 0.25) is 10.0 Å². The quantitative estimate of drug-likeness (QED) is 0.336. The average Bonchev–Trinajstić information content (AvgIpc) is 3.07. The van der Waals surface area contributed by atoms with Gasteiger partial charge in [-0.2, -0.15) is 18.4 Å². The second-order valence-corrected chi connectivity index (χ2v) is 9.41. The SMILES string of the molecule is CC(C)=CC1C(C(=O)OCn2c(-c3ccc(Cl)cc3)c(C#N)c(Cl)c2C(F)(F)F)C1(C)C. The molecule has 0 spiro atoms. The van der Waals surface area contributed by atoms with Gasteiger partial charge in [0.2, 0.25) is 0 Å². The molecule has 1 heterocycles. The molecule has 0 radical (unpaired) electrons. The van der Waals surface area contributed by atoms with E-state index in [2.05, 4.69) is 0 Å². The van der Waals surface area contributed by atoms with Crippen LogP contribution >= 0.6 is 23.2 Å². The smallest absolute Gasteiger partial charge is 0.433 e. The minimum absolute atomic E-state index is 0.0549. The van der Waals surface area contributed by atoms with Crippen LogP contribution in [0.1, 0.15) is 39.0 Å². The molecule has 170 valence electrons. The lowest BCUT2D eigenvalue weighted by Crippen LogP contribution is -2.19. The third-order valence-electron chi connectivity index (χ3n) is 5.72. The molecule has 0 saturated heterocycles. The van der Waals surface area contributed by atoms with Crippen LogP contribution < -0.4 is 0 Å². The van der Waals surface area contributed by atoms with Crippen molar-refractivity contribution in [1.82, 2.24) is 4.57 Å². The highest BCUT2D eigenvalue weighted by Gasteiger charge is 2.61. The van der Waals surface area contributed by atoms with Gasteiger partial charge in [0.15, 0.2) is 6.73 Å². The van der Waals surface area contributed by atoms with E-state index >= 15 is 0 Å². The van der Waals surface area contributed by atoms with Gasteiger partial charge in [0, 0.05) is 5.02 Å². The van der Waals surface area contributed by atoms with Crippen molar-refractivity contribution in [2.45, 2.75) is 40.6 Å². The summed E-state index contributed by atoms with van der Waals surface area (Å²) in [7, 11) is 0. The van der Waals surface area contributed by atoms with E-state index in [1.54, 1.807) is 6.07 Å². The van der Waals surface area contributed by atoms with Crippen LogP contribution in [-0.4, -0.2) is 10.5 Å². The van der Waals surface area contributed by atoms with Crippen LogP contribution in [-0.2, 0) is 22.4 Å². The summed E-state index contributed by atoms with van der Waals surface area (Å²) in [5.74, 6) is -1.12. The third-order valence-corrected chi connectivity index (χ3v) is 6.34. The first-order valence-electron chi connectivity index (χ1n) is 9.77. The number of benzene rings is 1. The summed E-state index contributed by atoms with van der Waals surface area (Å²) in [6.07, 6.45) is -2.91. The Hall–Kier alpha value is -2.43. The monoisotopic (exact) mass is 484 g/mol. The molecule has 1 aromatic carbocycles. The molecule has 1 aromatic heterocycles. The molecule has 0 aliphatic heterocycles. The number of alkyl halides is 3. The highest BCUT2D eigenvalue weighted by atomic mass is 35.5. The van der Waals surface area contributed by atoms with Gasteiger partial charge in [-0.15, -0.1) is 0 Å². The zero-order valence-corrected chi connectivity index (χ0v) is 19.4. The van der Waals surface area contributed by atoms with Gasteiger partial charge in [0.25, 0.3) is 0 Å². The van der Waals surface area contributed by atoms with E-state index in [-0.39, 0.29) is 28.2 Å². The van der Waals surface area contributed by atoms with E-state index in [1.807, 2.05) is 33.8 Å². The number of rotatable bonds is 5. The van der Waals surface area contributed by atoms with Crippen molar-refractivity contribution in [3.63, 3.8) is 0 Å². The van der Waals surface area contributed by atoms with Crippen LogP contribution in [0.5, 0.6) is 0 Å². The first-order chi connectivity index (χ1) is 14.8. The Kier molecular flexibility index (Phi) is 6.43. The minimum Gasteiger partial charge on any atom is -0.444 e. The Morgan fingerprint density at radius 3 is 2.34 bits per heavy atom. The molecule has 2 aromatic rings. The summed E-state index contributed by atoms with van der Waals surface area (Å²) in [6.45, 7) is 6.90. The highest BCUT2D eigenvalue weighted by Crippen LogP contribution is 2.60. The van der Waals surface area contributed by atoms with Crippen molar-refractivity contribution >= 4 is 29.2 Å². The van der Waals surface area contributed by atoms with Crippen molar-refractivity contribution in [2.24, 2.45) is 17.3 Å². The number of allylic oxidation sites excluding steroid dienone is 2. The van der Waals surface area contributed by atoms with E-state index in [0.29, 0.717) is 5.02 Å². The van der Waals surface area contributed by atoms with E-state index < -0.39 is 35.5 Å². The Balaban J connectivity index is 2.02. The molecule has 9 heteroatoms. The molecule has 0 amide bonds. The largest absolute Gasteiger partial charge is 0.444 e. The molecular weight excluding hydrogens is 464 g/mol. The Morgan fingerprint density at radius 2 is 1.84 bits per heavy atom. The third kappa shape index (κ3) is 4.39. The normalized spacial score (nSPS) is 19.2. The Labute approximate surface area is 194 Å². The number of esters is 1. The van der Waals surface area contributed by atoms with Crippen LogP contribution in [0.4, 0.5) is 13.2 Å². The molecular formula is C23H21Cl2F3N2O2. The van der Waals surface area contributed by atoms with Gasteiger partial charge in [-0.1, -0.05) is 60.8 Å². The van der Waals surface area contributed by atoms with Crippen LogP contribution in [0, 0.1) is 28.6 Å². The predicted molar refractivity (Wildman–Crippen MR) is 116 cm³/mol. The number of carbonyl (C=O) groups is 1. The maximum absolute atomic E-state index is 13.9. The van der Waals surface area contributed by atoms with Gasteiger partial charge in [-0.05, 0) is 42.9 Å². The molecule has 1 fully saturated rings. The number of carbonyl (C=O) groups excluding carboxylic acids is 1. The van der Waals surface area contributed by atoms with Gasteiger partial charge < -0.3 is 9.30 Å². The van der Waals surface area contributed by atoms with E-state index in [0.717, 1.165) is 10.1 Å². The lowest BCUT2D eigenvalue weighted by atomic mass is 10.1. The summed E-state index contributed by atoms with van der Waals surface area (Å²) in [5.41, 5.74) is -0.722. The number of hydrogen-bond acceptors (Lipinski definition) is 3. The molecule has 2 atom stereocenters. The van der Waals surface area contributed by atoms with Crippen molar-refractivity contribution in [3.05, 3.63) is 57.2 Å². The van der Waals surface area contributed by atoms with Gasteiger partial charge in [-0.25, -0.2) is 0 Å². The first kappa shape index (κ1) is 24.2. The molecule has 0 N–H and O–H groups in total. The number of halogens is 5. The topological polar surface area (TPSA) is 55.0 Å². The summed E-state index contributed by atoms with van der Waals surface area (Å²) >= 11 is 11.9. The lowest BCUT2D eigenvalue weighted by molar-refractivity contribution is -0.156. The Morgan fingerprint density at radius 1 is 1.25 bits per heavy atom. The summed E-state index contributed by atoms with van der Waals surface area (Å²) in [4.78, 5) is 12.7. The van der Waals surface area contributed by atoms with Crippen LogP contribution in [0.15, 0.2) is 35.9 Å². The molecule has 1 aliphatic rings. The van der Waals surface area contributed by atoms with Gasteiger partial charge in [-0.3, -0.25) is 4.79 Å². The van der Waals surface area contributed by atoms with Crippen LogP contribution in [0.25, 0.3) is 11.3 Å². The van der Waals surface area contributed by atoms with E-state index in [4.69, 9.17) is 27.9 Å². The number of ether oxygens (including phenoxy) is 1. The van der Waals surface area contributed by atoms with Crippen molar-refractivity contribution in [1.29, 1.82) is 5.26 Å². The van der Waals surface area contributed by atoms with Gasteiger partial charge in [0.05, 0.1) is 22.2 Å². The molecule has 32 heavy (non-hydrogen) atoms. The number of nitrogens with zero attached hydrogens (tertiary/aromatic N) is 2. The highest BCUT2D eigenvalue weighted by molar-refractivity contribution is 6.33. The number of hydrogen-bond donors (Lipinski definition) is 0. The number of aromatic nitrogens is 1. The predicted octanol–water partition coefficient (Wildman–Crippen LogP) is 7.09. The lowest BCUT2D eigenvalue weighted by Gasteiger charge is -2.16. The van der Waals surface area contributed by atoms with Gasteiger partial charge in [0.1, 0.15) is 11.8 Å². The zero-order valence-electron chi connectivity index (χ0n) is 17.8. The molecule has 3 rings (SSSR count). The minimum atomic E-state index is -4.87. The average molecular weight is 485 g/mol. The fourth-order valence-corrected chi connectivity index (χ4v) is 4.49. The maximum atomic E-state index is 13.9. The summed E-state index contributed by atoms with van der Waals surface area (Å²) in [5, 5.41) is 9.16. The number of nitriles is 1. The van der Waals surface area contributed by atoms with Crippen molar-refractivity contribution in [2.75, 3.05) is 0 Å². The second kappa shape index (κ2) is 8.49. The standard InChI is InChI=1S/C23H21Cl2F3N2O2/c1-12(2)9-16-17(22(16,3)4)21(31)32-11-30-19(13-5-7-14(24)8-6-13)15(10-29)18(25)20(30)23(26,27)28/h5-9,16-17H,11H2,1-4H3. The summed E-state index contributed by atoms with van der Waals surface area (Å²) in [6, 6.07) is 7.66. The molecule has 1 aliphatic carbocycles. The molecule has 0 bridgehead atoms. The first-order valence-corrected chi connectivity index (χ1v) is 10.5. The molecule has 1 saturated carbocycles. The summed E-state index contributed by atoms with van der Waals surface area (Å²) < 4.78 is 47.6. The zero-order chi connectivity index (χ0) is 24.0. The molecule has 4 nitrogen and oxygen atoms in total. The van der Waals surface area contributed by atoms with Crippen molar-refractivity contribution < 1.29 is 22.7 Å². The second-order valence-electron chi connectivity index (χ2n) is 8.59. The maximum Gasteiger partial charge on any atom is 0.433 e. The Bertz CT molecular complexity index is 1120. The fourth-order valence-electron chi connectivity index (χ4n) is 4.02.